The van der Waals surface area contributed by atoms with Crippen LogP contribution < -0.4 is 15.8 Å². The van der Waals surface area contributed by atoms with Gasteiger partial charge in [0.05, 0.1) is 24.3 Å². The minimum absolute atomic E-state index is 0.0385. The van der Waals surface area contributed by atoms with Crippen molar-refractivity contribution in [2.75, 3.05) is 19.8 Å². The second-order valence-electron chi connectivity index (χ2n) is 5.29. The fraction of sp³-hybridized carbons (Fsp3) is 0.533. The van der Waals surface area contributed by atoms with Crippen molar-refractivity contribution in [3.8, 4) is 5.75 Å². The number of nitrogens with two attached hydrogens (primary N) is 1. The van der Waals surface area contributed by atoms with Crippen molar-refractivity contribution in [3.05, 3.63) is 29.3 Å². The molecule has 1 aromatic rings. The van der Waals surface area contributed by atoms with E-state index in [0.29, 0.717) is 24.5 Å². The highest BCUT2D eigenvalue weighted by molar-refractivity contribution is 5.97. The van der Waals surface area contributed by atoms with Crippen LogP contribution >= 0.6 is 0 Å². The summed E-state index contributed by atoms with van der Waals surface area (Å²) in [6, 6.07) is 5.40. The van der Waals surface area contributed by atoms with Crippen LogP contribution in [-0.2, 0) is 4.74 Å². The molecule has 1 aromatic carbocycles. The van der Waals surface area contributed by atoms with E-state index in [9.17, 15) is 4.79 Å². The fourth-order valence-corrected chi connectivity index (χ4v) is 2.74. The molecule has 0 radical (unpaired) electrons. The molecule has 0 spiro atoms. The van der Waals surface area contributed by atoms with Gasteiger partial charge in [0, 0.05) is 6.61 Å². The SMILES string of the molecule is NC(c1ccc2c(c1)C(=O)NCCO2)C1CCCCO1. The van der Waals surface area contributed by atoms with Gasteiger partial charge in [0.1, 0.15) is 12.4 Å². The number of carbonyl (C=O) groups is 1. The summed E-state index contributed by atoms with van der Waals surface area (Å²) in [6.45, 7) is 1.80. The molecule has 20 heavy (non-hydrogen) atoms. The van der Waals surface area contributed by atoms with E-state index < -0.39 is 0 Å². The number of benzene rings is 1. The quantitative estimate of drug-likeness (QED) is 0.856. The van der Waals surface area contributed by atoms with E-state index in [1.54, 1.807) is 0 Å². The first-order valence-electron chi connectivity index (χ1n) is 7.18. The Morgan fingerprint density at radius 3 is 3.00 bits per heavy atom. The van der Waals surface area contributed by atoms with Gasteiger partial charge in [-0.05, 0) is 37.0 Å². The van der Waals surface area contributed by atoms with Gasteiger partial charge >= 0.3 is 0 Å². The monoisotopic (exact) mass is 276 g/mol. The van der Waals surface area contributed by atoms with Gasteiger partial charge in [0.15, 0.2) is 0 Å². The molecule has 108 valence electrons. The molecular weight excluding hydrogens is 256 g/mol. The van der Waals surface area contributed by atoms with Gasteiger partial charge in [-0.3, -0.25) is 4.79 Å². The summed E-state index contributed by atoms with van der Waals surface area (Å²) in [7, 11) is 0. The Balaban J connectivity index is 1.85. The van der Waals surface area contributed by atoms with Gasteiger partial charge in [0.2, 0.25) is 0 Å². The Morgan fingerprint density at radius 2 is 2.20 bits per heavy atom. The van der Waals surface area contributed by atoms with Crippen molar-refractivity contribution >= 4 is 5.91 Å². The molecule has 0 aromatic heterocycles. The second-order valence-corrected chi connectivity index (χ2v) is 5.29. The highest BCUT2D eigenvalue weighted by atomic mass is 16.5. The minimum atomic E-state index is -0.198. The maximum absolute atomic E-state index is 12.0. The van der Waals surface area contributed by atoms with Gasteiger partial charge in [0.25, 0.3) is 5.91 Å². The van der Waals surface area contributed by atoms with Crippen LogP contribution in [0.1, 0.15) is 41.2 Å². The van der Waals surface area contributed by atoms with Crippen molar-refractivity contribution in [2.45, 2.75) is 31.4 Å². The van der Waals surface area contributed by atoms with Gasteiger partial charge < -0.3 is 20.5 Å². The van der Waals surface area contributed by atoms with Crippen LogP contribution in [0.3, 0.4) is 0 Å². The summed E-state index contributed by atoms with van der Waals surface area (Å²) in [4.78, 5) is 12.0. The molecule has 0 bridgehead atoms. The van der Waals surface area contributed by atoms with Crippen LogP contribution in [0.5, 0.6) is 5.75 Å². The standard InChI is InChI=1S/C15H20N2O3/c16-14(13-3-1-2-7-19-13)10-4-5-12-11(9-10)15(18)17-6-8-20-12/h4-5,9,13-14H,1-3,6-8,16H2,(H,17,18). The molecule has 2 atom stereocenters. The Kier molecular flexibility index (Phi) is 3.89. The molecule has 2 aliphatic rings. The smallest absolute Gasteiger partial charge is 0.255 e. The van der Waals surface area contributed by atoms with E-state index in [-0.39, 0.29) is 18.1 Å². The molecule has 2 unspecified atom stereocenters. The van der Waals surface area contributed by atoms with Crippen LogP contribution in [0.4, 0.5) is 0 Å². The topological polar surface area (TPSA) is 73.6 Å². The zero-order valence-electron chi connectivity index (χ0n) is 11.4. The lowest BCUT2D eigenvalue weighted by molar-refractivity contribution is -0.0000101. The van der Waals surface area contributed by atoms with E-state index in [1.807, 2.05) is 18.2 Å². The lowest BCUT2D eigenvalue weighted by atomic mass is 9.95. The zero-order valence-corrected chi connectivity index (χ0v) is 11.4. The molecule has 5 nitrogen and oxygen atoms in total. The maximum Gasteiger partial charge on any atom is 0.255 e. The number of carbonyl (C=O) groups excluding carboxylic acids is 1. The number of amides is 1. The summed E-state index contributed by atoms with van der Waals surface area (Å²) in [5.41, 5.74) is 7.78. The molecule has 2 heterocycles. The number of hydrogen-bond acceptors (Lipinski definition) is 4. The van der Waals surface area contributed by atoms with Crippen molar-refractivity contribution in [2.24, 2.45) is 5.73 Å². The first-order valence-corrected chi connectivity index (χ1v) is 7.18. The average molecular weight is 276 g/mol. The summed E-state index contributed by atoms with van der Waals surface area (Å²) in [5.74, 6) is 0.525. The number of rotatable bonds is 2. The van der Waals surface area contributed by atoms with Crippen molar-refractivity contribution in [3.63, 3.8) is 0 Å². The van der Waals surface area contributed by atoms with Crippen molar-refractivity contribution in [1.82, 2.24) is 5.32 Å². The first kappa shape index (κ1) is 13.4. The summed E-state index contributed by atoms with van der Waals surface area (Å²) >= 11 is 0. The van der Waals surface area contributed by atoms with E-state index >= 15 is 0 Å². The molecule has 2 aliphatic heterocycles. The zero-order chi connectivity index (χ0) is 13.9. The van der Waals surface area contributed by atoms with Crippen LogP contribution in [-0.4, -0.2) is 31.8 Å². The number of hydrogen-bond donors (Lipinski definition) is 2. The van der Waals surface area contributed by atoms with E-state index in [1.165, 1.54) is 0 Å². The largest absolute Gasteiger partial charge is 0.491 e. The van der Waals surface area contributed by atoms with Crippen molar-refractivity contribution in [1.29, 1.82) is 0 Å². The Morgan fingerprint density at radius 1 is 1.30 bits per heavy atom. The van der Waals surface area contributed by atoms with Crippen LogP contribution in [0.2, 0.25) is 0 Å². The van der Waals surface area contributed by atoms with Crippen LogP contribution in [0.25, 0.3) is 0 Å². The minimum Gasteiger partial charge on any atom is -0.491 e. The Labute approximate surface area is 118 Å². The van der Waals surface area contributed by atoms with Gasteiger partial charge in [-0.1, -0.05) is 6.07 Å². The number of nitrogens with one attached hydrogen (secondary N) is 1. The highest BCUT2D eigenvalue weighted by Gasteiger charge is 2.25. The summed E-state index contributed by atoms with van der Waals surface area (Å²) in [5, 5.41) is 2.81. The third-order valence-electron chi connectivity index (χ3n) is 3.89. The lowest BCUT2D eigenvalue weighted by Gasteiger charge is -2.28. The molecule has 5 heteroatoms. The summed E-state index contributed by atoms with van der Waals surface area (Å²) in [6.07, 6.45) is 3.26. The second kappa shape index (κ2) is 5.81. The normalized spacial score (nSPS) is 24.1. The predicted molar refractivity (Wildman–Crippen MR) is 74.8 cm³/mol. The third-order valence-corrected chi connectivity index (χ3v) is 3.89. The molecule has 3 rings (SSSR count). The van der Waals surface area contributed by atoms with E-state index in [0.717, 1.165) is 31.4 Å². The molecular formula is C15H20N2O3. The fourth-order valence-electron chi connectivity index (χ4n) is 2.74. The predicted octanol–water partition coefficient (Wildman–Crippen LogP) is 1.38. The Bertz CT molecular complexity index is 498. The third kappa shape index (κ3) is 2.64. The molecule has 1 fully saturated rings. The van der Waals surface area contributed by atoms with Crippen LogP contribution in [0, 0.1) is 0 Å². The maximum atomic E-state index is 12.0. The molecule has 0 saturated carbocycles. The van der Waals surface area contributed by atoms with Gasteiger partial charge in [-0.25, -0.2) is 0 Å². The van der Waals surface area contributed by atoms with Crippen LogP contribution in [0.15, 0.2) is 18.2 Å². The van der Waals surface area contributed by atoms with Crippen molar-refractivity contribution < 1.29 is 14.3 Å². The lowest BCUT2D eigenvalue weighted by Crippen LogP contribution is -2.32. The molecule has 1 amide bonds. The first-order chi connectivity index (χ1) is 9.75. The van der Waals surface area contributed by atoms with E-state index in [4.69, 9.17) is 15.2 Å². The number of fused-ring (bicyclic) bond motifs is 1. The number of ether oxygens (including phenoxy) is 2. The van der Waals surface area contributed by atoms with Gasteiger partial charge in [-0.2, -0.15) is 0 Å². The van der Waals surface area contributed by atoms with Gasteiger partial charge in [-0.15, -0.1) is 0 Å². The van der Waals surface area contributed by atoms with E-state index in [2.05, 4.69) is 5.32 Å². The average Bonchev–Trinajstić information content (AvgIpc) is 2.69. The molecule has 1 saturated heterocycles. The Hall–Kier alpha value is -1.59. The summed E-state index contributed by atoms with van der Waals surface area (Å²) < 4.78 is 11.3. The highest BCUT2D eigenvalue weighted by Crippen LogP contribution is 2.28. The molecule has 3 N–H and O–H groups in total. The molecule has 0 aliphatic carbocycles.